The van der Waals surface area contributed by atoms with Gasteiger partial charge in [0.25, 0.3) is 0 Å². The van der Waals surface area contributed by atoms with Crippen LogP contribution in [0.15, 0.2) is 11.6 Å². The topological polar surface area (TPSA) is 54.4 Å². The van der Waals surface area contributed by atoms with E-state index >= 15 is 0 Å². The van der Waals surface area contributed by atoms with Crippen LogP contribution in [0.5, 0.6) is 0 Å². The number of carbonyl (C=O) groups is 2. The summed E-state index contributed by atoms with van der Waals surface area (Å²) < 4.78 is 0. The Morgan fingerprint density at radius 3 is 2.68 bits per heavy atom. The third kappa shape index (κ3) is 2.34. The first kappa shape index (κ1) is 17.5. The van der Waals surface area contributed by atoms with Gasteiger partial charge in [0.1, 0.15) is 6.29 Å². The van der Waals surface area contributed by atoms with E-state index in [9.17, 15) is 14.7 Å². The third-order valence-corrected chi connectivity index (χ3v) is 8.91. The van der Waals surface area contributed by atoms with Gasteiger partial charge in [-0.3, -0.25) is 4.79 Å². The molecule has 0 aromatic heterocycles. The second kappa shape index (κ2) is 5.77. The van der Waals surface area contributed by atoms with Crippen molar-refractivity contribution < 1.29 is 14.7 Å². The van der Waals surface area contributed by atoms with Crippen molar-refractivity contribution in [2.24, 2.45) is 40.4 Å². The first-order valence-electron chi connectivity index (χ1n) is 10.2. The largest absolute Gasteiger partial charge is 0.392 e. The number of aldehydes is 1. The molecule has 25 heavy (non-hydrogen) atoms. The van der Waals surface area contributed by atoms with Crippen molar-refractivity contribution in [2.75, 3.05) is 0 Å². The fraction of sp³-hybridized carbons (Fsp3) is 0.818. The summed E-state index contributed by atoms with van der Waals surface area (Å²) in [4.78, 5) is 23.4. The number of hydrogen-bond acceptors (Lipinski definition) is 3. The van der Waals surface area contributed by atoms with E-state index in [1.807, 2.05) is 6.08 Å². The van der Waals surface area contributed by atoms with Crippen LogP contribution in [-0.4, -0.2) is 23.3 Å². The van der Waals surface area contributed by atoms with Crippen molar-refractivity contribution in [3.8, 4) is 0 Å². The summed E-state index contributed by atoms with van der Waals surface area (Å²) in [7, 11) is 0. The Morgan fingerprint density at radius 2 is 1.96 bits per heavy atom. The second-order valence-corrected chi connectivity index (χ2v) is 9.84. The fourth-order valence-corrected chi connectivity index (χ4v) is 7.53. The molecule has 3 nitrogen and oxygen atoms in total. The van der Waals surface area contributed by atoms with Crippen LogP contribution in [0.3, 0.4) is 0 Å². The maximum Gasteiger partial charge on any atom is 0.155 e. The van der Waals surface area contributed by atoms with Crippen LogP contribution in [0.2, 0.25) is 0 Å². The predicted molar refractivity (Wildman–Crippen MR) is 96.8 cm³/mol. The van der Waals surface area contributed by atoms with E-state index in [1.54, 1.807) is 0 Å². The van der Waals surface area contributed by atoms with Gasteiger partial charge in [-0.15, -0.1) is 0 Å². The van der Waals surface area contributed by atoms with Gasteiger partial charge >= 0.3 is 0 Å². The molecule has 1 N–H and O–H groups in total. The van der Waals surface area contributed by atoms with E-state index in [4.69, 9.17) is 0 Å². The lowest BCUT2D eigenvalue weighted by molar-refractivity contribution is -0.126. The van der Waals surface area contributed by atoms with Gasteiger partial charge in [-0.05, 0) is 79.1 Å². The Morgan fingerprint density at radius 1 is 1.20 bits per heavy atom. The molecule has 0 unspecified atom stereocenters. The minimum absolute atomic E-state index is 0.0908. The van der Waals surface area contributed by atoms with Gasteiger partial charge in [-0.25, -0.2) is 0 Å². The molecule has 0 aliphatic heterocycles. The van der Waals surface area contributed by atoms with Crippen molar-refractivity contribution in [3.05, 3.63) is 11.6 Å². The highest BCUT2D eigenvalue weighted by molar-refractivity contribution is 5.91. The van der Waals surface area contributed by atoms with Crippen molar-refractivity contribution >= 4 is 12.1 Å². The molecule has 3 heteroatoms. The third-order valence-electron chi connectivity index (χ3n) is 8.91. The average Bonchev–Trinajstić information content (AvgIpc) is 2.93. The normalized spacial score (nSPS) is 50.3. The fourth-order valence-electron chi connectivity index (χ4n) is 7.53. The highest BCUT2D eigenvalue weighted by Gasteiger charge is 2.61. The van der Waals surface area contributed by atoms with Gasteiger partial charge < -0.3 is 9.90 Å². The van der Waals surface area contributed by atoms with Crippen molar-refractivity contribution in [1.29, 1.82) is 0 Å². The zero-order chi connectivity index (χ0) is 18.0. The van der Waals surface area contributed by atoms with E-state index < -0.39 is 0 Å². The summed E-state index contributed by atoms with van der Waals surface area (Å²) >= 11 is 0. The lowest BCUT2D eigenvalue weighted by atomic mass is 9.46. The zero-order valence-corrected chi connectivity index (χ0v) is 15.8. The van der Waals surface area contributed by atoms with Crippen LogP contribution in [0.1, 0.15) is 65.7 Å². The van der Waals surface area contributed by atoms with Crippen molar-refractivity contribution in [2.45, 2.75) is 71.8 Å². The van der Waals surface area contributed by atoms with Crippen LogP contribution >= 0.6 is 0 Å². The molecule has 4 aliphatic carbocycles. The molecule has 0 saturated heterocycles. The Bertz CT molecular complexity index is 623. The molecule has 3 saturated carbocycles. The molecule has 0 aromatic rings. The molecule has 8 atom stereocenters. The predicted octanol–water partition coefficient (Wildman–Crippen LogP) is 3.94. The maximum atomic E-state index is 11.9. The molecule has 4 aliphatic rings. The van der Waals surface area contributed by atoms with E-state index in [0.717, 1.165) is 38.4 Å². The highest BCUT2D eigenvalue weighted by atomic mass is 16.3. The maximum absolute atomic E-state index is 11.9. The minimum Gasteiger partial charge on any atom is -0.392 e. The van der Waals surface area contributed by atoms with Gasteiger partial charge in [0.2, 0.25) is 0 Å². The van der Waals surface area contributed by atoms with Crippen molar-refractivity contribution in [1.82, 2.24) is 0 Å². The Balaban J connectivity index is 1.69. The molecule has 0 spiro atoms. The number of hydrogen-bond donors (Lipinski definition) is 1. The summed E-state index contributed by atoms with van der Waals surface area (Å²) in [5, 5.41) is 11.1. The molecule has 0 amide bonds. The Hall–Kier alpha value is -0.960. The molecule has 4 rings (SSSR count). The second-order valence-electron chi connectivity index (χ2n) is 9.84. The molecular weight excluding hydrogens is 312 g/mol. The summed E-state index contributed by atoms with van der Waals surface area (Å²) in [6.07, 6.45) is 9.48. The van der Waals surface area contributed by atoms with Gasteiger partial charge in [-0.1, -0.05) is 26.3 Å². The van der Waals surface area contributed by atoms with E-state index in [1.165, 1.54) is 5.57 Å². The summed E-state index contributed by atoms with van der Waals surface area (Å²) in [5.41, 5.74) is 1.48. The number of fused-ring (bicyclic) bond motifs is 5. The summed E-state index contributed by atoms with van der Waals surface area (Å²) in [6, 6.07) is 0. The molecule has 138 valence electrons. The zero-order valence-electron chi connectivity index (χ0n) is 15.8. The van der Waals surface area contributed by atoms with Crippen LogP contribution in [0.25, 0.3) is 0 Å². The molecule has 0 radical (unpaired) electrons. The molecule has 0 aromatic carbocycles. The SMILES string of the molecule is C[C@H](C=O)[C@H]1CC[C@H]2[C@@H]3[C@@H](O)CC4=CC(=O)CC[C@]4(C)[C@H]3CC[C@]12C. The number of aliphatic hydroxyl groups is 1. The highest BCUT2D eigenvalue weighted by Crippen LogP contribution is 2.67. The van der Waals surface area contributed by atoms with Gasteiger partial charge in [0.05, 0.1) is 6.10 Å². The number of carbonyl (C=O) groups excluding carboxylic acids is 2. The molecule has 0 bridgehead atoms. The van der Waals surface area contributed by atoms with E-state index in [-0.39, 0.29) is 28.6 Å². The standard InChI is InChI=1S/C22H32O3/c1-13(12-23)16-4-5-17-20-18(7-9-22(16,17)3)21(2)8-6-15(24)10-14(21)11-19(20)25/h10,12-13,16-20,25H,4-9,11H2,1-3H3/t13-,16-,17+,18+,19+,20+,21+,22-/m1/s1. The monoisotopic (exact) mass is 344 g/mol. The van der Waals surface area contributed by atoms with Gasteiger partial charge in [-0.2, -0.15) is 0 Å². The van der Waals surface area contributed by atoms with Crippen LogP contribution in [0, 0.1) is 40.4 Å². The van der Waals surface area contributed by atoms with Crippen LogP contribution in [0.4, 0.5) is 0 Å². The quantitative estimate of drug-likeness (QED) is 0.772. The van der Waals surface area contributed by atoms with Crippen LogP contribution < -0.4 is 0 Å². The molecular formula is C22H32O3. The smallest absolute Gasteiger partial charge is 0.155 e. The number of aliphatic hydroxyl groups excluding tert-OH is 1. The summed E-state index contributed by atoms with van der Waals surface area (Å²) in [6.45, 7) is 6.80. The van der Waals surface area contributed by atoms with Gasteiger partial charge in [0.15, 0.2) is 5.78 Å². The van der Waals surface area contributed by atoms with Crippen molar-refractivity contribution in [3.63, 3.8) is 0 Å². The first-order chi connectivity index (χ1) is 11.8. The Labute approximate surface area is 151 Å². The number of rotatable bonds is 2. The summed E-state index contributed by atoms with van der Waals surface area (Å²) in [5.74, 6) is 2.15. The lowest BCUT2D eigenvalue weighted by Crippen LogP contribution is -2.55. The first-order valence-corrected chi connectivity index (χ1v) is 10.2. The average molecular weight is 344 g/mol. The lowest BCUT2D eigenvalue weighted by Gasteiger charge is -2.59. The van der Waals surface area contributed by atoms with Crippen LogP contribution in [-0.2, 0) is 9.59 Å². The number of ketones is 1. The van der Waals surface area contributed by atoms with E-state index in [2.05, 4.69) is 20.8 Å². The molecule has 0 heterocycles. The Kier molecular flexibility index (Phi) is 4.03. The minimum atomic E-state index is -0.329. The molecule has 3 fully saturated rings. The van der Waals surface area contributed by atoms with Gasteiger partial charge in [0, 0.05) is 12.3 Å². The van der Waals surface area contributed by atoms with E-state index in [0.29, 0.717) is 36.5 Å².